The van der Waals surface area contributed by atoms with E-state index >= 15 is 0 Å². The third-order valence-corrected chi connectivity index (χ3v) is 14.2. The first-order chi connectivity index (χ1) is 34.4. The van der Waals surface area contributed by atoms with Crippen molar-refractivity contribution in [2.45, 2.75) is 26.2 Å². The number of benzene rings is 9. The van der Waals surface area contributed by atoms with Crippen molar-refractivity contribution in [3.63, 3.8) is 0 Å². The number of imidazole rings is 1. The van der Waals surface area contributed by atoms with Gasteiger partial charge in [0.15, 0.2) is 0 Å². The van der Waals surface area contributed by atoms with Crippen LogP contribution in [0.25, 0.3) is 110 Å². The predicted molar refractivity (Wildman–Crippen MR) is 287 cm³/mol. The quantitative estimate of drug-likeness (QED) is 0.118. The number of rotatable bonds is 7. The third-order valence-electron chi connectivity index (χ3n) is 14.2. The van der Waals surface area contributed by atoms with E-state index in [0.29, 0.717) is 0 Å². The molecule has 14 rings (SSSR count). The van der Waals surface area contributed by atoms with Gasteiger partial charge in [-0.2, -0.15) is 0 Å². The van der Waals surface area contributed by atoms with Gasteiger partial charge in [0, 0.05) is 50.1 Å². The maximum absolute atomic E-state index is 6.89. The van der Waals surface area contributed by atoms with Crippen molar-refractivity contribution >= 4 is 70.9 Å². The molecule has 70 heavy (non-hydrogen) atoms. The van der Waals surface area contributed by atoms with Crippen molar-refractivity contribution in [3.05, 3.63) is 230 Å². The minimum atomic E-state index is -0.0260. The molecular weight excluding hydrogens is 855 g/mol. The molecule has 0 saturated carbocycles. The number of hydrogen-bond acceptors (Lipinski definition) is 2. The first-order valence-electron chi connectivity index (χ1n) is 24.0. The van der Waals surface area contributed by atoms with Crippen molar-refractivity contribution in [1.82, 2.24) is 18.5 Å². The summed E-state index contributed by atoms with van der Waals surface area (Å²) in [5, 5.41) is 7.25. The van der Waals surface area contributed by atoms with Crippen LogP contribution in [0.2, 0.25) is 0 Å². The summed E-state index contributed by atoms with van der Waals surface area (Å²) in [4.78, 5) is 4.92. The molecule has 0 bridgehead atoms. The van der Waals surface area contributed by atoms with E-state index in [0.717, 1.165) is 83.9 Å². The molecule has 5 heterocycles. The third kappa shape index (κ3) is 6.13. The van der Waals surface area contributed by atoms with E-state index in [1.54, 1.807) is 0 Å². The van der Waals surface area contributed by atoms with Gasteiger partial charge in [-0.25, -0.2) is 4.98 Å². The summed E-state index contributed by atoms with van der Waals surface area (Å²) >= 11 is 0. The van der Waals surface area contributed by atoms with Gasteiger partial charge in [0.05, 0.1) is 44.5 Å². The molecular formula is C64H45N5O. The maximum Gasteiger partial charge on any atom is 0.269 e. The largest absolute Gasteiger partial charge is 0.458 e. The van der Waals surface area contributed by atoms with Crippen LogP contribution >= 0.6 is 0 Å². The first kappa shape index (κ1) is 40.1. The Morgan fingerprint density at radius 2 is 1.09 bits per heavy atom. The van der Waals surface area contributed by atoms with Gasteiger partial charge in [0.25, 0.3) is 6.33 Å². The lowest BCUT2D eigenvalue weighted by Crippen LogP contribution is -2.31. The molecule has 0 spiro atoms. The Morgan fingerprint density at radius 1 is 0.471 bits per heavy atom. The summed E-state index contributed by atoms with van der Waals surface area (Å²) in [6.07, 6.45) is 5.88. The highest BCUT2D eigenvalue weighted by Crippen LogP contribution is 2.42. The molecule has 0 radical (unpaired) electrons. The fourth-order valence-corrected chi connectivity index (χ4v) is 11.0. The van der Waals surface area contributed by atoms with Gasteiger partial charge in [-0.1, -0.05) is 160 Å². The molecule has 9 aromatic carbocycles. The molecule has 5 aromatic heterocycles. The number of fused-ring (bicyclic) bond motifs is 10. The zero-order valence-electron chi connectivity index (χ0n) is 38.9. The molecule has 0 N–H and O–H groups in total. The summed E-state index contributed by atoms with van der Waals surface area (Å²) in [7, 11) is 0. The van der Waals surface area contributed by atoms with Gasteiger partial charge in [0.2, 0.25) is 0 Å². The molecule has 0 unspecified atom stereocenters. The van der Waals surface area contributed by atoms with E-state index in [4.69, 9.17) is 9.72 Å². The van der Waals surface area contributed by atoms with E-state index < -0.39 is 0 Å². The lowest BCUT2D eigenvalue weighted by molar-refractivity contribution is -0.571. The van der Waals surface area contributed by atoms with E-state index in [-0.39, 0.29) is 5.41 Å². The van der Waals surface area contributed by atoms with E-state index in [1.165, 1.54) is 43.5 Å². The minimum Gasteiger partial charge on any atom is -0.458 e. The molecule has 0 aliphatic carbocycles. The lowest BCUT2D eigenvalue weighted by atomic mass is 9.88. The molecule has 0 amide bonds. The summed E-state index contributed by atoms with van der Waals surface area (Å²) in [6.45, 7) is 6.72. The fourth-order valence-electron chi connectivity index (χ4n) is 11.0. The van der Waals surface area contributed by atoms with Crippen molar-refractivity contribution in [3.8, 4) is 50.9 Å². The Kier molecular flexibility index (Phi) is 8.74. The van der Waals surface area contributed by atoms with Crippen molar-refractivity contribution < 1.29 is 9.30 Å². The highest BCUT2D eigenvalue weighted by molar-refractivity contribution is 6.24. The average Bonchev–Trinajstić information content (AvgIpc) is 4.14. The summed E-state index contributed by atoms with van der Waals surface area (Å²) in [6, 6.07) is 75.9. The zero-order chi connectivity index (χ0) is 46.7. The van der Waals surface area contributed by atoms with Crippen LogP contribution in [0, 0.1) is 6.33 Å². The summed E-state index contributed by atoms with van der Waals surface area (Å²) in [5.74, 6) is 2.34. The van der Waals surface area contributed by atoms with Crippen LogP contribution in [0.4, 0.5) is 0 Å². The summed E-state index contributed by atoms with van der Waals surface area (Å²) < 4.78 is 16.1. The number of aromatic nitrogens is 5. The van der Waals surface area contributed by atoms with Gasteiger partial charge in [-0.3, -0.25) is 13.7 Å². The Balaban J connectivity index is 0.983. The Bertz CT molecular complexity index is 4300. The van der Waals surface area contributed by atoms with Crippen LogP contribution in [-0.2, 0) is 5.41 Å². The fraction of sp³-hybridized carbons (Fsp3) is 0.0625. The van der Waals surface area contributed by atoms with Crippen LogP contribution in [0.1, 0.15) is 26.3 Å². The normalized spacial score (nSPS) is 12.2. The number of hydrogen-bond donors (Lipinski definition) is 0. The second kappa shape index (κ2) is 15.3. The molecule has 0 aliphatic rings. The molecule has 0 aliphatic heterocycles. The second-order valence-corrected chi connectivity index (χ2v) is 19.4. The van der Waals surface area contributed by atoms with E-state index in [2.05, 4.69) is 251 Å². The highest BCUT2D eigenvalue weighted by atomic mass is 16.5. The molecule has 6 nitrogen and oxygen atoms in total. The smallest absolute Gasteiger partial charge is 0.269 e. The Hall–Kier alpha value is -9.00. The Labute approximate surface area is 404 Å². The Morgan fingerprint density at radius 3 is 1.83 bits per heavy atom. The monoisotopic (exact) mass is 899 g/mol. The molecule has 14 aromatic rings. The molecule has 0 fully saturated rings. The molecule has 332 valence electrons. The first-order valence-corrected chi connectivity index (χ1v) is 24.0. The second-order valence-electron chi connectivity index (χ2n) is 19.4. The van der Waals surface area contributed by atoms with Gasteiger partial charge < -0.3 is 9.14 Å². The maximum atomic E-state index is 6.89. The van der Waals surface area contributed by atoms with E-state index in [9.17, 15) is 0 Å². The van der Waals surface area contributed by atoms with Gasteiger partial charge in [-0.15, -0.1) is 0 Å². The SMILES string of the molecule is CC(C)(C)c1ccnc(-n2c3ccccc3c3ccc(Oc4cccc(-n5[c-][n+](-c6c(-c7ccccc7)cccc6-c6ccccc6)c6cc7c(cc65)c5cccc6c8ccccc8n7c65)c4)cc32)c1. The predicted octanol–water partition coefficient (Wildman–Crippen LogP) is 15.8. The van der Waals surface area contributed by atoms with Gasteiger partial charge in [0.1, 0.15) is 17.3 Å². The number of nitrogens with zero attached hydrogens (tertiary/aromatic N) is 5. The molecule has 0 saturated heterocycles. The number of ether oxygens (including phenoxy) is 1. The standard InChI is InChI=1S/C64H45N5O/c1-64(2,3)43-33-34-65-61(35-43)68-55-29-12-10-23-49(55)51-32-31-46(37-57(51)68)70-45-22-14-21-44(36-45)66-40-67(62-47(41-17-6-4-7-18-41)25-15-26-48(62)42-19-8-5-9-20-42)60-39-58-54(38-59(60)66)53-28-16-27-52-50-24-11-13-30-56(50)69(58)63(52)53/h4-39H,1-3H3. The number of para-hydroxylation sites is 4. The van der Waals surface area contributed by atoms with Crippen LogP contribution in [-0.4, -0.2) is 18.5 Å². The van der Waals surface area contributed by atoms with Crippen LogP contribution in [0.3, 0.4) is 0 Å². The minimum absolute atomic E-state index is 0.0260. The zero-order valence-corrected chi connectivity index (χ0v) is 38.9. The van der Waals surface area contributed by atoms with Gasteiger partial charge >= 0.3 is 0 Å². The van der Waals surface area contributed by atoms with Crippen LogP contribution < -0.4 is 9.30 Å². The topological polar surface area (TPSA) is 40.3 Å². The van der Waals surface area contributed by atoms with E-state index in [1.807, 2.05) is 12.3 Å². The van der Waals surface area contributed by atoms with Crippen molar-refractivity contribution in [2.75, 3.05) is 0 Å². The molecule has 6 heteroatoms. The average molecular weight is 900 g/mol. The van der Waals surface area contributed by atoms with Crippen LogP contribution in [0.5, 0.6) is 11.5 Å². The highest BCUT2D eigenvalue weighted by Gasteiger charge is 2.24. The lowest BCUT2D eigenvalue weighted by Gasteiger charge is -2.20. The van der Waals surface area contributed by atoms with Gasteiger partial charge in [-0.05, 0) is 100.0 Å². The molecule has 0 atom stereocenters. The van der Waals surface area contributed by atoms with Crippen molar-refractivity contribution in [1.29, 1.82) is 0 Å². The summed E-state index contributed by atoms with van der Waals surface area (Å²) in [5.41, 5.74) is 15.5. The number of pyridine rings is 1. The van der Waals surface area contributed by atoms with Crippen LogP contribution in [0.15, 0.2) is 219 Å². The van der Waals surface area contributed by atoms with Crippen molar-refractivity contribution in [2.24, 2.45) is 0 Å².